The molecule has 2 amide bonds. The van der Waals surface area contributed by atoms with Crippen LogP contribution in [0, 0.1) is 13.8 Å². The molecule has 0 saturated carbocycles. The van der Waals surface area contributed by atoms with Crippen molar-refractivity contribution in [3.05, 3.63) is 64.2 Å². The largest absolute Gasteiger partial charge is 0.355 e. The molecule has 2 rings (SSSR count). The second-order valence-corrected chi connectivity index (χ2v) is 10.4. The van der Waals surface area contributed by atoms with Gasteiger partial charge in [0.15, 0.2) is 0 Å². The van der Waals surface area contributed by atoms with Gasteiger partial charge in [-0.1, -0.05) is 54.4 Å². The summed E-state index contributed by atoms with van der Waals surface area (Å²) in [6.07, 6.45) is 1.44. The molecule has 1 atom stereocenters. The summed E-state index contributed by atoms with van der Waals surface area (Å²) in [5.41, 5.74) is 2.92. The van der Waals surface area contributed by atoms with Gasteiger partial charge in [-0.05, 0) is 50.5 Å². The first-order chi connectivity index (χ1) is 15.5. The van der Waals surface area contributed by atoms with E-state index in [-0.39, 0.29) is 12.5 Å². The van der Waals surface area contributed by atoms with E-state index in [0.717, 1.165) is 21.7 Å². The van der Waals surface area contributed by atoms with Gasteiger partial charge in [0.1, 0.15) is 12.6 Å². The first-order valence-corrected chi connectivity index (χ1v) is 13.1. The van der Waals surface area contributed by atoms with Crippen LogP contribution in [0.5, 0.6) is 0 Å². The van der Waals surface area contributed by atoms with Crippen LogP contribution >= 0.6 is 11.6 Å². The number of likely N-dealkylation sites (N-methyl/N-ethyl adjacent to an activating group) is 1. The van der Waals surface area contributed by atoms with Crippen LogP contribution < -0.4 is 9.62 Å². The Kier molecular flexibility index (Phi) is 9.31. The Hall–Kier alpha value is -2.58. The van der Waals surface area contributed by atoms with Gasteiger partial charge in [-0.3, -0.25) is 13.9 Å². The van der Waals surface area contributed by atoms with Crippen LogP contribution in [-0.2, 0) is 26.2 Å². The molecule has 9 heteroatoms. The highest BCUT2D eigenvalue weighted by Crippen LogP contribution is 2.27. The fourth-order valence-electron chi connectivity index (χ4n) is 3.55. The molecule has 2 aromatic rings. The zero-order valence-corrected chi connectivity index (χ0v) is 21.3. The van der Waals surface area contributed by atoms with Crippen molar-refractivity contribution in [2.75, 3.05) is 23.7 Å². The quantitative estimate of drug-likeness (QED) is 0.547. The van der Waals surface area contributed by atoms with E-state index in [1.54, 1.807) is 19.1 Å². The van der Waals surface area contributed by atoms with E-state index in [1.165, 1.54) is 11.0 Å². The number of anilines is 1. The van der Waals surface area contributed by atoms with Gasteiger partial charge < -0.3 is 10.2 Å². The molecular formula is C24H32ClN3O4S. The molecule has 0 aromatic heterocycles. The smallest absolute Gasteiger partial charge is 0.244 e. The van der Waals surface area contributed by atoms with E-state index in [2.05, 4.69) is 5.32 Å². The van der Waals surface area contributed by atoms with Gasteiger partial charge in [-0.25, -0.2) is 8.42 Å². The van der Waals surface area contributed by atoms with Gasteiger partial charge in [0.05, 0.1) is 11.9 Å². The molecule has 2 aromatic carbocycles. The number of nitrogens with one attached hydrogen (secondary N) is 1. The van der Waals surface area contributed by atoms with Crippen LogP contribution in [-0.4, -0.2) is 50.5 Å². The van der Waals surface area contributed by atoms with Gasteiger partial charge in [-0.2, -0.15) is 0 Å². The number of amides is 2. The fourth-order valence-corrected chi connectivity index (χ4v) is 4.61. The van der Waals surface area contributed by atoms with Crippen molar-refractivity contribution in [3.63, 3.8) is 0 Å². The minimum Gasteiger partial charge on any atom is -0.355 e. The molecule has 0 spiro atoms. The first-order valence-electron chi connectivity index (χ1n) is 10.8. The number of hydrogen-bond donors (Lipinski definition) is 1. The van der Waals surface area contributed by atoms with Crippen LogP contribution in [0.2, 0.25) is 5.02 Å². The highest BCUT2D eigenvalue weighted by atomic mass is 35.5. The zero-order valence-electron chi connectivity index (χ0n) is 19.8. The minimum absolute atomic E-state index is 0.181. The van der Waals surface area contributed by atoms with Crippen molar-refractivity contribution in [2.24, 2.45) is 0 Å². The standard InChI is InChI=1S/C24H32ClN3O4S/c1-6-21(24(30)26-7-2)27(15-19-11-8-17(3)9-12-19)23(29)16-28(33(5,31)32)22-14-20(25)13-10-18(22)4/h8-14,21H,6-7,15-16H2,1-5H3,(H,26,30). The molecule has 180 valence electrons. The summed E-state index contributed by atoms with van der Waals surface area (Å²) in [7, 11) is -3.80. The van der Waals surface area contributed by atoms with Gasteiger partial charge in [0.2, 0.25) is 21.8 Å². The molecule has 1 unspecified atom stereocenters. The number of carbonyl (C=O) groups excluding carboxylic acids is 2. The topological polar surface area (TPSA) is 86.8 Å². The van der Waals surface area contributed by atoms with Crippen molar-refractivity contribution in [2.45, 2.75) is 46.7 Å². The maximum atomic E-state index is 13.6. The highest BCUT2D eigenvalue weighted by molar-refractivity contribution is 7.92. The average molecular weight is 494 g/mol. The number of sulfonamides is 1. The number of carbonyl (C=O) groups is 2. The number of nitrogens with zero attached hydrogens (tertiary/aromatic N) is 2. The van der Waals surface area contributed by atoms with E-state index in [1.807, 2.05) is 45.0 Å². The fraction of sp³-hybridized carbons (Fsp3) is 0.417. The molecule has 33 heavy (non-hydrogen) atoms. The SMILES string of the molecule is CCNC(=O)C(CC)N(Cc1ccc(C)cc1)C(=O)CN(c1cc(Cl)ccc1C)S(C)(=O)=O. The molecule has 0 bridgehead atoms. The first kappa shape index (κ1) is 26.7. The molecular weight excluding hydrogens is 462 g/mol. The summed E-state index contributed by atoms with van der Waals surface area (Å²) in [5, 5.41) is 3.14. The van der Waals surface area contributed by atoms with Gasteiger partial charge in [0, 0.05) is 18.1 Å². The Bertz CT molecular complexity index is 1090. The summed E-state index contributed by atoms with van der Waals surface area (Å²) in [4.78, 5) is 27.8. The van der Waals surface area contributed by atoms with Crippen LogP contribution in [0.3, 0.4) is 0 Å². The summed E-state index contributed by atoms with van der Waals surface area (Å²) in [5.74, 6) is -0.746. The van der Waals surface area contributed by atoms with Crippen LogP contribution in [0.15, 0.2) is 42.5 Å². The highest BCUT2D eigenvalue weighted by Gasteiger charge is 2.32. The van der Waals surface area contributed by atoms with Crippen molar-refractivity contribution in [1.82, 2.24) is 10.2 Å². The van der Waals surface area contributed by atoms with Crippen molar-refractivity contribution in [3.8, 4) is 0 Å². The molecule has 0 heterocycles. The number of benzene rings is 2. The second-order valence-electron chi connectivity index (χ2n) is 8.03. The predicted molar refractivity (Wildman–Crippen MR) is 133 cm³/mol. The van der Waals surface area contributed by atoms with Crippen molar-refractivity contribution in [1.29, 1.82) is 0 Å². The monoisotopic (exact) mass is 493 g/mol. The Balaban J connectivity index is 2.46. The lowest BCUT2D eigenvalue weighted by molar-refractivity contribution is -0.140. The van der Waals surface area contributed by atoms with Crippen molar-refractivity contribution >= 4 is 39.1 Å². The Morgan fingerprint density at radius 3 is 2.24 bits per heavy atom. The Morgan fingerprint density at radius 2 is 1.70 bits per heavy atom. The molecule has 0 aliphatic carbocycles. The molecule has 0 aliphatic heterocycles. The lowest BCUT2D eigenvalue weighted by atomic mass is 10.1. The maximum Gasteiger partial charge on any atom is 0.244 e. The molecule has 0 radical (unpaired) electrons. The molecule has 0 aliphatic rings. The third kappa shape index (κ3) is 7.20. The zero-order chi connectivity index (χ0) is 24.8. The van der Waals surface area contributed by atoms with E-state index >= 15 is 0 Å². The summed E-state index contributed by atoms with van der Waals surface area (Å²) < 4.78 is 26.4. The van der Waals surface area contributed by atoms with Gasteiger partial charge in [0.25, 0.3) is 0 Å². The summed E-state index contributed by atoms with van der Waals surface area (Å²) in [6.45, 7) is 7.52. The Morgan fingerprint density at radius 1 is 1.06 bits per heavy atom. The summed E-state index contributed by atoms with van der Waals surface area (Å²) >= 11 is 6.11. The third-order valence-corrected chi connectivity index (χ3v) is 6.69. The van der Waals surface area contributed by atoms with Crippen LogP contribution in [0.1, 0.15) is 37.0 Å². The van der Waals surface area contributed by atoms with Gasteiger partial charge in [-0.15, -0.1) is 0 Å². The Labute approximate surface area is 201 Å². The predicted octanol–water partition coefficient (Wildman–Crippen LogP) is 3.67. The lowest BCUT2D eigenvalue weighted by Crippen LogP contribution is -2.52. The lowest BCUT2D eigenvalue weighted by Gasteiger charge is -2.33. The number of aryl methyl sites for hydroxylation is 2. The number of halogens is 1. The van der Waals surface area contributed by atoms with E-state index in [9.17, 15) is 18.0 Å². The molecule has 0 saturated heterocycles. The van der Waals surface area contributed by atoms with Crippen LogP contribution in [0.4, 0.5) is 5.69 Å². The van der Waals surface area contributed by atoms with Gasteiger partial charge >= 0.3 is 0 Å². The third-order valence-electron chi connectivity index (χ3n) is 5.33. The second kappa shape index (κ2) is 11.5. The summed E-state index contributed by atoms with van der Waals surface area (Å²) in [6, 6.07) is 11.8. The molecule has 7 nitrogen and oxygen atoms in total. The normalized spacial score (nSPS) is 12.2. The van der Waals surface area contributed by atoms with E-state index in [4.69, 9.17) is 11.6 Å². The number of rotatable bonds is 10. The maximum absolute atomic E-state index is 13.6. The van der Waals surface area contributed by atoms with E-state index < -0.39 is 28.5 Å². The minimum atomic E-state index is -3.80. The van der Waals surface area contributed by atoms with Crippen LogP contribution in [0.25, 0.3) is 0 Å². The average Bonchev–Trinajstić information content (AvgIpc) is 2.74. The number of hydrogen-bond acceptors (Lipinski definition) is 4. The van der Waals surface area contributed by atoms with E-state index in [0.29, 0.717) is 29.2 Å². The molecule has 1 N–H and O–H groups in total. The van der Waals surface area contributed by atoms with Crippen molar-refractivity contribution < 1.29 is 18.0 Å². The molecule has 0 fully saturated rings.